The van der Waals surface area contributed by atoms with Crippen LogP contribution in [-0.4, -0.2) is 26.3 Å². The van der Waals surface area contributed by atoms with Crippen molar-refractivity contribution in [2.45, 2.75) is 18.4 Å². The van der Waals surface area contributed by atoms with Gasteiger partial charge >= 0.3 is 16.1 Å². The first-order valence-corrected chi connectivity index (χ1v) is 15.3. The van der Waals surface area contributed by atoms with Crippen LogP contribution in [0.5, 0.6) is 11.5 Å². The molecule has 0 aliphatic carbocycles. The first-order valence-electron chi connectivity index (χ1n) is 12.7. The number of imide groups is 2. The maximum absolute atomic E-state index is 13.5. The van der Waals surface area contributed by atoms with Gasteiger partial charge in [0.2, 0.25) is 0 Å². The molecule has 12 heteroatoms. The van der Waals surface area contributed by atoms with E-state index in [4.69, 9.17) is 20.5 Å². The Labute approximate surface area is 260 Å². The molecular weight excluding hydrogens is 660 g/mol. The van der Waals surface area contributed by atoms with E-state index in [9.17, 15) is 22.8 Å². The van der Waals surface area contributed by atoms with Crippen LogP contribution in [0.1, 0.15) is 16.7 Å². The number of nitrogens with zero attached hydrogens (tertiary/aromatic N) is 1. The highest BCUT2D eigenvalue weighted by Crippen LogP contribution is 2.31. The molecule has 1 fully saturated rings. The summed E-state index contributed by atoms with van der Waals surface area (Å²) >= 11 is 9.23. The van der Waals surface area contributed by atoms with Crippen LogP contribution in [-0.2, 0) is 26.3 Å². The van der Waals surface area contributed by atoms with Crippen molar-refractivity contribution in [1.82, 2.24) is 5.32 Å². The third-order valence-corrected chi connectivity index (χ3v) is 8.29. The number of rotatable bonds is 8. The Kier molecular flexibility index (Phi) is 8.67. The van der Waals surface area contributed by atoms with Gasteiger partial charge in [-0.1, -0.05) is 57.4 Å². The fourth-order valence-corrected chi connectivity index (χ4v) is 5.52. The Bertz CT molecular complexity index is 1860. The molecule has 1 heterocycles. The van der Waals surface area contributed by atoms with Gasteiger partial charge in [-0.2, -0.15) is 8.42 Å². The summed E-state index contributed by atoms with van der Waals surface area (Å²) < 4.78 is 37.6. The van der Waals surface area contributed by atoms with Gasteiger partial charge in [0.25, 0.3) is 11.8 Å². The van der Waals surface area contributed by atoms with E-state index in [-0.39, 0.29) is 28.5 Å². The molecule has 1 saturated heterocycles. The van der Waals surface area contributed by atoms with Gasteiger partial charge in [0.05, 0.1) is 5.69 Å². The molecular formula is C31H22BrClN2O7S. The number of barbiturate groups is 1. The molecule has 4 aromatic rings. The molecule has 5 rings (SSSR count). The number of carbonyl (C=O) groups is 3. The number of urea groups is 1. The number of anilines is 1. The normalized spacial score (nSPS) is 14.5. The molecule has 4 amide bonds. The summed E-state index contributed by atoms with van der Waals surface area (Å²) in [6, 6.07) is 22.9. The molecule has 1 aliphatic rings. The highest BCUT2D eigenvalue weighted by atomic mass is 79.9. The lowest BCUT2D eigenvalue weighted by atomic mass is 10.1. The largest absolute Gasteiger partial charge is 0.489 e. The van der Waals surface area contributed by atoms with E-state index in [1.54, 1.807) is 42.5 Å². The minimum absolute atomic E-state index is 0.0662. The molecule has 0 radical (unpaired) electrons. The molecule has 0 spiro atoms. The summed E-state index contributed by atoms with van der Waals surface area (Å²) in [6.07, 6.45) is 1.17. The Morgan fingerprint density at radius 1 is 0.907 bits per heavy atom. The van der Waals surface area contributed by atoms with Crippen molar-refractivity contribution in [2.75, 3.05) is 4.90 Å². The van der Waals surface area contributed by atoms with Crippen molar-refractivity contribution >= 4 is 67.3 Å². The van der Waals surface area contributed by atoms with Crippen molar-refractivity contribution in [1.29, 1.82) is 0 Å². The highest BCUT2D eigenvalue weighted by Gasteiger charge is 2.37. The van der Waals surface area contributed by atoms with Crippen LogP contribution in [0.2, 0.25) is 5.02 Å². The minimum atomic E-state index is -4.24. The number of nitrogens with one attached hydrogen (secondary N) is 1. The second kappa shape index (κ2) is 12.4. The van der Waals surface area contributed by atoms with Crippen molar-refractivity contribution in [3.8, 4) is 11.5 Å². The second-order valence-corrected chi connectivity index (χ2v) is 12.3. The molecule has 218 valence electrons. The summed E-state index contributed by atoms with van der Waals surface area (Å²) in [5.41, 5.74) is 1.67. The monoisotopic (exact) mass is 680 g/mol. The number of hydrogen-bond donors (Lipinski definition) is 1. The minimum Gasteiger partial charge on any atom is -0.489 e. The highest BCUT2D eigenvalue weighted by molar-refractivity contribution is 9.10. The topological polar surface area (TPSA) is 119 Å². The van der Waals surface area contributed by atoms with E-state index in [0.29, 0.717) is 15.2 Å². The van der Waals surface area contributed by atoms with E-state index < -0.39 is 33.5 Å². The first kappa shape index (κ1) is 30.0. The lowest BCUT2D eigenvalue weighted by molar-refractivity contribution is -0.122. The third-order valence-electron chi connectivity index (χ3n) is 6.30. The summed E-state index contributed by atoms with van der Waals surface area (Å²) in [6.45, 7) is 2.10. The van der Waals surface area contributed by atoms with Crippen LogP contribution in [0.4, 0.5) is 10.5 Å². The van der Waals surface area contributed by atoms with Crippen molar-refractivity contribution in [3.05, 3.63) is 123 Å². The van der Waals surface area contributed by atoms with Gasteiger partial charge < -0.3 is 8.92 Å². The molecule has 0 unspecified atom stereocenters. The van der Waals surface area contributed by atoms with Crippen LogP contribution in [0.3, 0.4) is 0 Å². The fourth-order valence-electron chi connectivity index (χ4n) is 4.07. The van der Waals surface area contributed by atoms with Gasteiger partial charge in [-0.25, -0.2) is 9.69 Å². The van der Waals surface area contributed by atoms with Gasteiger partial charge in [-0.15, -0.1) is 0 Å². The maximum atomic E-state index is 13.5. The lowest BCUT2D eigenvalue weighted by Crippen LogP contribution is -2.54. The first-order chi connectivity index (χ1) is 20.5. The maximum Gasteiger partial charge on any atom is 0.339 e. The number of benzene rings is 4. The summed E-state index contributed by atoms with van der Waals surface area (Å²) in [5, 5.41) is 2.77. The van der Waals surface area contributed by atoms with E-state index in [1.807, 2.05) is 19.1 Å². The number of ether oxygens (including phenoxy) is 1. The van der Waals surface area contributed by atoms with Gasteiger partial charge in [-0.05, 0) is 85.3 Å². The summed E-state index contributed by atoms with van der Waals surface area (Å²) in [5.74, 6) is -1.49. The van der Waals surface area contributed by atoms with Gasteiger partial charge in [0.15, 0.2) is 0 Å². The Hall–Kier alpha value is -4.45. The van der Waals surface area contributed by atoms with Crippen LogP contribution in [0.25, 0.3) is 6.08 Å². The predicted molar refractivity (Wildman–Crippen MR) is 164 cm³/mol. The zero-order valence-corrected chi connectivity index (χ0v) is 25.6. The molecule has 4 aromatic carbocycles. The van der Waals surface area contributed by atoms with E-state index in [2.05, 4.69) is 21.2 Å². The van der Waals surface area contributed by atoms with Gasteiger partial charge in [-0.3, -0.25) is 14.9 Å². The molecule has 43 heavy (non-hydrogen) atoms. The molecule has 1 aliphatic heterocycles. The molecule has 1 N–H and O–H groups in total. The summed E-state index contributed by atoms with van der Waals surface area (Å²) in [7, 11) is -4.24. The Morgan fingerprint density at radius 3 is 2.26 bits per heavy atom. The van der Waals surface area contributed by atoms with Crippen molar-refractivity contribution < 1.29 is 31.7 Å². The lowest BCUT2D eigenvalue weighted by Gasteiger charge is -2.26. The molecule has 0 atom stereocenters. The molecule has 0 aromatic heterocycles. The fraction of sp³-hybridized carbons (Fsp3) is 0.0645. The molecule has 0 bridgehead atoms. The third kappa shape index (κ3) is 6.96. The molecule has 9 nitrogen and oxygen atoms in total. The number of aryl methyl sites for hydroxylation is 1. The van der Waals surface area contributed by atoms with Gasteiger partial charge in [0, 0.05) is 15.1 Å². The van der Waals surface area contributed by atoms with Crippen molar-refractivity contribution in [2.24, 2.45) is 0 Å². The van der Waals surface area contributed by atoms with Crippen LogP contribution in [0.15, 0.2) is 106 Å². The van der Waals surface area contributed by atoms with Crippen LogP contribution in [0, 0.1) is 6.92 Å². The quantitative estimate of drug-likeness (QED) is 0.129. The summed E-state index contributed by atoms with van der Waals surface area (Å²) in [4.78, 5) is 39.7. The SMILES string of the molecule is Cc1ccc(S(=O)(=O)Oc2ccc(Br)cc2/C=C2\C(=O)NC(=O)N(c3ccc(OCc4ccc(Cl)cc4)cc3)C2=O)cc1. The average molecular weight is 682 g/mol. The molecule has 0 saturated carbocycles. The van der Waals surface area contributed by atoms with Crippen LogP contribution >= 0.6 is 27.5 Å². The number of amides is 4. The van der Waals surface area contributed by atoms with Gasteiger partial charge in [0.1, 0.15) is 28.6 Å². The Morgan fingerprint density at radius 2 is 1.58 bits per heavy atom. The predicted octanol–water partition coefficient (Wildman–Crippen LogP) is 6.42. The van der Waals surface area contributed by atoms with Crippen LogP contribution < -0.4 is 19.1 Å². The second-order valence-electron chi connectivity index (χ2n) is 9.40. The zero-order valence-electron chi connectivity index (χ0n) is 22.4. The average Bonchev–Trinajstić information content (AvgIpc) is 2.97. The van der Waals surface area contributed by atoms with E-state index in [0.717, 1.165) is 16.0 Å². The van der Waals surface area contributed by atoms with E-state index in [1.165, 1.54) is 42.5 Å². The smallest absolute Gasteiger partial charge is 0.339 e. The number of hydrogen-bond acceptors (Lipinski definition) is 7. The Balaban J connectivity index is 1.40. The van der Waals surface area contributed by atoms with E-state index >= 15 is 0 Å². The zero-order chi connectivity index (χ0) is 30.7. The van der Waals surface area contributed by atoms with Crippen molar-refractivity contribution in [3.63, 3.8) is 0 Å². The number of carbonyl (C=O) groups excluding carboxylic acids is 3. The standard InChI is InChI=1S/C31H22BrClN2O7S/c1-19-2-13-26(14-3-19)43(39,40)42-28-15-6-22(32)16-21(28)17-27-29(36)34-31(38)35(30(27)37)24-9-11-25(12-10-24)41-18-20-4-7-23(33)8-5-20/h2-17H,18H2,1H3,(H,34,36,38)/b27-17+. The number of halogens is 2.